The number of aliphatic imine (C=N–C) groups is 1. The number of guanidine groups is 1. The summed E-state index contributed by atoms with van der Waals surface area (Å²) in [6, 6.07) is -6.89. The van der Waals surface area contributed by atoms with Crippen molar-refractivity contribution >= 4 is 53.3 Å². The molecule has 0 aromatic rings. The van der Waals surface area contributed by atoms with Gasteiger partial charge in [-0.25, -0.2) is 4.79 Å². The molecule has 0 heterocycles. The van der Waals surface area contributed by atoms with E-state index in [1.165, 1.54) is 6.92 Å². The van der Waals surface area contributed by atoms with Crippen LogP contribution in [0.3, 0.4) is 0 Å². The lowest BCUT2D eigenvalue weighted by Gasteiger charge is -2.26. The predicted octanol–water partition coefficient (Wildman–Crippen LogP) is -4.94. The number of aliphatic carboxylic acids is 2. The molecule has 0 spiro atoms. The lowest BCUT2D eigenvalue weighted by atomic mass is 10.0. The number of carboxylic acid groups (broad SMARTS) is 2. The number of aliphatic hydroxyl groups excluding tert-OH is 1. The lowest BCUT2D eigenvalue weighted by molar-refractivity contribution is -0.142. The van der Waals surface area contributed by atoms with Crippen LogP contribution in [0.1, 0.15) is 65.7 Å². The maximum atomic E-state index is 13.1. The maximum Gasteiger partial charge on any atom is 0.326 e. The Morgan fingerprint density at radius 1 is 0.714 bits per heavy atom. The van der Waals surface area contributed by atoms with E-state index in [1.54, 1.807) is 13.8 Å². The molecular formula is C28H50N10O11. The molecule has 0 aliphatic rings. The third kappa shape index (κ3) is 19.4. The van der Waals surface area contributed by atoms with Gasteiger partial charge in [0, 0.05) is 19.4 Å². The fraction of sp³-hybridized carbons (Fsp3) is 0.679. The van der Waals surface area contributed by atoms with Crippen molar-refractivity contribution in [3.63, 3.8) is 0 Å². The zero-order valence-electron chi connectivity index (χ0n) is 27.8. The van der Waals surface area contributed by atoms with Crippen LogP contribution in [0.2, 0.25) is 0 Å². The zero-order valence-corrected chi connectivity index (χ0v) is 27.8. The fourth-order valence-electron chi connectivity index (χ4n) is 4.16. The quantitative estimate of drug-likeness (QED) is 0.0255. The molecular weight excluding hydrogens is 652 g/mol. The van der Waals surface area contributed by atoms with Gasteiger partial charge in [0.25, 0.3) is 0 Å². The summed E-state index contributed by atoms with van der Waals surface area (Å²) in [5.41, 5.74) is 21.4. The minimum atomic E-state index is -1.61. The minimum Gasteiger partial charge on any atom is -0.481 e. The second-order valence-corrected chi connectivity index (χ2v) is 11.6. The summed E-state index contributed by atoms with van der Waals surface area (Å²) in [6.07, 6.45) is -2.53. The first-order valence-electron chi connectivity index (χ1n) is 15.4. The molecule has 278 valence electrons. The molecule has 0 aliphatic carbocycles. The number of aliphatic hydroxyl groups is 1. The summed E-state index contributed by atoms with van der Waals surface area (Å²) in [5.74, 6) is -8.28. The van der Waals surface area contributed by atoms with Gasteiger partial charge in [0.2, 0.25) is 35.4 Å². The fourth-order valence-corrected chi connectivity index (χ4v) is 4.16. The van der Waals surface area contributed by atoms with Crippen LogP contribution < -0.4 is 49.5 Å². The van der Waals surface area contributed by atoms with E-state index in [0.29, 0.717) is 0 Å². The van der Waals surface area contributed by atoms with E-state index in [0.717, 1.165) is 0 Å². The van der Waals surface area contributed by atoms with Crippen molar-refractivity contribution in [1.82, 2.24) is 26.6 Å². The third-order valence-corrected chi connectivity index (χ3v) is 6.72. The number of primary amides is 1. The van der Waals surface area contributed by atoms with Gasteiger partial charge < -0.3 is 64.8 Å². The standard InChI is InChI=1S/C28H50N10O11/c1-13(2)11-18(37-23(44)15(29)6-9-21(42)43)25(46)38-22(14(3)39)26(47)34-12-20(41)35-16(7-8-19(30)40)24(45)36-17(27(48)49)5-4-10-33-28(31)32/h13-18,22,39H,4-12,29H2,1-3H3,(H2,30,40)(H,34,47)(H,35,41)(H,36,45)(H,37,44)(H,38,46)(H,42,43)(H,48,49)(H4,31,32,33). The number of rotatable bonds is 24. The highest BCUT2D eigenvalue weighted by molar-refractivity contribution is 5.95. The Balaban J connectivity index is 5.53. The van der Waals surface area contributed by atoms with E-state index in [9.17, 15) is 48.6 Å². The second-order valence-electron chi connectivity index (χ2n) is 11.6. The Morgan fingerprint density at radius 3 is 1.82 bits per heavy atom. The molecule has 21 nitrogen and oxygen atoms in total. The molecule has 16 N–H and O–H groups in total. The summed E-state index contributed by atoms with van der Waals surface area (Å²) in [6.45, 7) is 4.00. The van der Waals surface area contributed by atoms with Gasteiger partial charge >= 0.3 is 11.9 Å². The summed E-state index contributed by atoms with van der Waals surface area (Å²) in [5, 5.41) is 40.0. The van der Waals surface area contributed by atoms with Crippen molar-refractivity contribution in [2.45, 2.75) is 102 Å². The Morgan fingerprint density at radius 2 is 1.31 bits per heavy atom. The highest BCUT2D eigenvalue weighted by Gasteiger charge is 2.32. The number of nitrogens with two attached hydrogens (primary N) is 4. The summed E-state index contributed by atoms with van der Waals surface area (Å²) >= 11 is 0. The number of carbonyl (C=O) groups excluding carboxylic acids is 6. The van der Waals surface area contributed by atoms with Gasteiger partial charge in [0.1, 0.15) is 24.2 Å². The maximum absolute atomic E-state index is 13.1. The summed E-state index contributed by atoms with van der Waals surface area (Å²) in [4.78, 5) is 102. The van der Waals surface area contributed by atoms with E-state index >= 15 is 0 Å². The average molecular weight is 703 g/mol. The largest absolute Gasteiger partial charge is 0.481 e. The molecule has 0 fully saturated rings. The van der Waals surface area contributed by atoms with Crippen LogP contribution in [0.25, 0.3) is 0 Å². The number of hydrogen-bond donors (Lipinski definition) is 12. The highest BCUT2D eigenvalue weighted by Crippen LogP contribution is 2.08. The molecule has 0 saturated heterocycles. The lowest BCUT2D eigenvalue weighted by Crippen LogP contribution is -2.59. The van der Waals surface area contributed by atoms with Gasteiger partial charge in [-0.15, -0.1) is 0 Å². The van der Waals surface area contributed by atoms with Gasteiger partial charge in [-0.3, -0.25) is 38.6 Å². The molecule has 21 heteroatoms. The summed E-state index contributed by atoms with van der Waals surface area (Å²) in [7, 11) is 0. The van der Waals surface area contributed by atoms with E-state index in [2.05, 4.69) is 31.6 Å². The minimum absolute atomic E-state index is 0.0733. The van der Waals surface area contributed by atoms with Gasteiger partial charge in [-0.1, -0.05) is 13.8 Å². The van der Waals surface area contributed by atoms with E-state index < -0.39 is 90.2 Å². The molecule has 0 aromatic carbocycles. The molecule has 0 saturated carbocycles. The van der Waals surface area contributed by atoms with Crippen molar-refractivity contribution in [3.05, 3.63) is 0 Å². The van der Waals surface area contributed by atoms with Gasteiger partial charge in [-0.2, -0.15) is 0 Å². The number of carbonyl (C=O) groups is 8. The van der Waals surface area contributed by atoms with E-state index in [-0.39, 0.29) is 63.4 Å². The summed E-state index contributed by atoms with van der Waals surface area (Å²) < 4.78 is 0. The Bertz CT molecular complexity index is 1210. The van der Waals surface area contributed by atoms with Crippen LogP contribution in [0.4, 0.5) is 0 Å². The van der Waals surface area contributed by atoms with Crippen molar-refractivity contribution in [2.24, 2.45) is 33.8 Å². The smallest absolute Gasteiger partial charge is 0.326 e. The average Bonchev–Trinajstić information content (AvgIpc) is 2.99. The first-order valence-corrected chi connectivity index (χ1v) is 15.4. The monoisotopic (exact) mass is 702 g/mol. The number of amides is 6. The Kier molecular flexibility index (Phi) is 20.2. The van der Waals surface area contributed by atoms with Crippen LogP contribution in [-0.2, 0) is 38.4 Å². The predicted molar refractivity (Wildman–Crippen MR) is 173 cm³/mol. The number of carboxylic acids is 2. The third-order valence-electron chi connectivity index (χ3n) is 6.72. The highest BCUT2D eigenvalue weighted by atomic mass is 16.4. The molecule has 0 bridgehead atoms. The molecule has 0 aromatic heterocycles. The zero-order chi connectivity index (χ0) is 37.8. The Labute approximate surface area is 282 Å². The van der Waals surface area contributed by atoms with Crippen LogP contribution in [0, 0.1) is 5.92 Å². The van der Waals surface area contributed by atoms with Crippen molar-refractivity contribution < 1.29 is 53.7 Å². The molecule has 0 rings (SSSR count). The van der Waals surface area contributed by atoms with Gasteiger partial charge in [0.15, 0.2) is 5.96 Å². The van der Waals surface area contributed by atoms with Crippen LogP contribution in [0.15, 0.2) is 4.99 Å². The van der Waals surface area contributed by atoms with Crippen LogP contribution in [-0.4, -0.2) is 118 Å². The van der Waals surface area contributed by atoms with Crippen molar-refractivity contribution in [2.75, 3.05) is 13.1 Å². The normalized spacial score (nSPS) is 14.5. The van der Waals surface area contributed by atoms with Crippen molar-refractivity contribution in [1.29, 1.82) is 0 Å². The molecule has 6 amide bonds. The SMILES string of the molecule is CC(C)CC(NC(=O)C(N)CCC(=O)O)C(=O)NC(C(=O)NCC(=O)NC(CCC(N)=O)C(=O)NC(CCCN=C(N)N)C(=O)O)C(C)O. The Hall–Kier alpha value is -5.05. The van der Waals surface area contributed by atoms with E-state index in [1.807, 2.05) is 0 Å². The first kappa shape index (κ1) is 43.9. The molecule has 0 aliphatic heterocycles. The van der Waals surface area contributed by atoms with E-state index in [4.69, 9.17) is 28.0 Å². The number of nitrogens with one attached hydrogen (secondary N) is 5. The van der Waals surface area contributed by atoms with Crippen LogP contribution >= 0.6 is 0 Å². The molecule has 6 unspecified atom stereocenters. The van der Waals surface area contributed by atoms with Gasteiger partial charge in [-0.05, 0) is 44.9 Å². The second kappa shape index (κ2) is 22.5. The molecule has 49 heavy (non-hydrogen) atoms. The van der Waals surface area contributed by atoms with Crippen LogP contribution in [0.5, 0.6) is 0 Å². The number of nitrogens with zero attached hydrogens (tertiary/aromatic N) is 1. The van der Waals surface area contributed by atoms with Crippen molar-refractivity contribution in [3.8, 4) is 0 Å². The first-order chi connectivity index (χ1) is 22.7. The van der Waals surface area contributed by atoms with Gasteiger partial charge in [0.05, 0.1) is 18.7 Å². The molecule has 0 radical (unpaired) electrons. The number of hydrogen-bond acceptors (Lipinski definition) is 11. The molecule has 6 atom stereocenters. The topological polar surface area (TPSA) is 374 Å².